The number of ether oxygens (including phenoxy) is 1. The second kappa shape index (κ2) is 11.1. The number of rotatable bonds is 9. The van der Waals surface area contributed by atoms with E-state index in [1.807, 2.05) is 51.9 Å². The molecular weight excluding hydrogens is 514 g/mol. The zero-order chi connectivity index (χ0) is 27.7. The number of carbonyl (C=O) groups excluding carboxylic acids is 1. The van der Waals surface area contributed by atoms with Crippen molar-refractivity contribution in [3.8, 4) is 5.75 Å². The molecule has 4 N–H and O–H groups in total. The van der Waals surface area contributed by atoms with E-state index in [-0.39, 0.29) is 17.2 Å². The van der Waals surface area contributed by atoms with Crippen molar-refractivity contribution in [1.82, 2.24) is 30.4 Å². The van der Waals surface area contributed by atoms with Crippen LogP contribution in [0.2, 0.25) is 0 Å². The standard InChI is InChI=1S/C28H37N7O3S/c1-28(2,3)13-23(36)29-8-9-38-21-12-19-17(14-32-34-19)10-20(21)33-25-24-18-7-6-16(27(37)35(4)5)11-22(18)39-26(24)31-15-30-25/h10,12,14-16,27,37H,6-9,11,13H2,1-5H3,(H,29,36)(H,32,34)(H,30,31,33)/t16-,27?/m0/s1. The Morgan fingerprint density at radius 2 is 2.13 bits per heavy atom. The van der Waals surface area contributed by atoms with Crippen LogP contribution in [0.1, 0.15) is 44.1 Å². The number of carbonyl (C=O) groups is 1. The van der Waals surface area contributed by atoms with Gasteiger partial charge in [0.25, 0.3) is 0 Å². The summed E-state index contributed by atoms with van der Waals surface area (Å²) in [4.78, 5) is 25.5. The Morgan fingerprint density at radius 3 is 2.90 bits per heavy atom. The van der Waals surface area contributed by atoms with Crippen LogP contribution in [0.15, 0.2) is 24.7 Å². The molecule has 0 radical (unpaired) electrons. The first-order valence-electron chi connectivity index (χ1n) is 13.3. The molecular formula is C28H37N7O3S. The summed E-state index contributed by atoms with van der Waals surface area (Å²) in [5.41, 5.74) is 2.82. The minimum Gasteiger partial charge on any atom is -0.489 e. The van der Waals surface area contributed by atoms with Crippen LogP contribution in [0.3, 0.4) is 0 Å². The number of thiophene rings is 1. The highest BCUT2D eigenvalue weighted by Crippen LogP contribution is 2.42. The molecule has 1 amide bonds. The highest BCUT2D eigenvalue weighted by Gasteiger charge is 2.30. The molecule has 0 aliphatic heterocycles. The van der Waals surface area contributed by atoms with Crippen LogP contribution in [-0.4, -0.2) is 69.6 Å². The van der Waals surface area contributed by atoms with Crippen LogP contribution >= 0.6 is 11.3 Å². The van der Waals surface area contributed by atoms with E-state index in [9.17, 15) is 9.90 Å². The lowest BCUT2D eigenvalue weighted by Gasteiger charge is -2.30. The zero-order valence-corrected chi connectivity index (χ0v) is 24.0. The fourth-order valence-corrected chi connectivity index (χ4v) is 6.40. The Kier molecular flexibility index (Phi) is 7.75. The van der Waals surface area contributed by atoms with Crippen molar-refractivity contribution < 1.29 is 14.6 Å². The van der Waals surface area contributed by atoms with Gasteiger partial charge < -0.3 is 20.5 Å². The number of aromatic nitrogens is 4. The Hall–Kier alpha value is -3.28. The van der Waals surface area contributed by atoms with Gasteiger partial charge in [0, 0.05) is 28.7 Å². The third-order valence-corrected chi connectivity index (χ3v) is 8.16. The minimum absolute atomic E-state index is 0.0133. The van der Waals surface area contributed by atoms with E-state index in [4.69, 9.17) is 4.74 Å². The Balaban J connectivity index is 1.38. The maximum absolute atomic E-state index is 12.2. The summed E-state index contributed by atoms with van der Waals surface area (Å²) in [6.45, 7) is 6.86. The Bertz CT molecular complexity index is 1470. The molecule has 4 aromatic rings. The monoisotopic (exact) mass is 551 g/mol. The number of H-pyrrole nitrogens is 1. The first-order chi connectivity index (χ1) is 18.6. The maximum Gasteiger partial charge on any atom is 0.220 e. The quantitative estimate of drug-likeness (QED) is 0.180. The number of fused-ring (bicyclic) bond motifs is 4. The third-order valence-electron chi connectivity index (χ3n) is 7.00. The number of amides is 1. The lowest BCUT2D eigenvalue weighted by atomic mass is 9.86. The van der Waals surface area contributed by atoms with Crippen molar-refractivity contribution in [2.75, 3.05) is 32.6 Å². The number of aryl methyl sites for hydroxylation is 1. The Labute approximate surface area is 232 Å². The fourth-order valence-electron chi connectivity index (χ4n) is 5.12. The molecule has 0 fully saturated rings. The van der Waals surface area contributed by atoms with E-state index in [0.29, 0.717) is 25.3 Å². The van der Waals surface area contributed by atoms with Gasteiger partial charge in [-0.25, -0.2) is 9.97 Å². The average molecular weight is 552 g/mol. The SMILES string of the molecule is CN(C)C(O)[C@H]1CCc2c(sc3ncnc(Nc4cc5cn[nH]c5cc4OCCNC(=O)CC(C)(C)C)c23)C1. The molecule has 3 heterocycles. The molecule has 5 rings (SSSR count). The summed E-state index contributed by atoms with van der Waals surface area (Å²) in [6, 6.07) is 3.90. The van der Waals surface area contributed by atoms with Crippen LogP contribution < -0.4 is 15.4 Å². The molecule has 39 heavy (non-hydrogen) atoms. The van der Waals surface area contributed by atoms with E-state index in [1.54, 1.807) is 23.9 Å². The number of nitrogens with zero attached hydrogens (tertiary/aromatic N) is 4. The van der Waals surface area contributed by atoms with Crippen molar-refractivity contribution in [2.45, 2.75) is 52.7 Å². The number of hydrogen-bond acceptors (Lipinski definition) is 9. The fraction of sp³-hybridized carbons (Fsp3) is 0.500. The summed E-state index contributed by atoms with van der Waals surface area (Å²) in [6.07, 6.45) is 5.95. The van der Waals surface area contributed by atoms with Gasteiger partial charge in [0.15, 0.2) is 0 Å². The smallest absolute Gasteiger partial charge is 0.220 e. The van der Waals surface area contributed by atoms with Gasteiger partial charge in [-0.3, -0.25) is 14.8 Å². The van der Waals surface area contributed by atoms with Crippen molar-refractivity contribution in [3.63, 3.8) is 0 Å². The first-order valence-corrected chi connectivity index (χ1v) is 14.1. The lowest BCUT2D eigenvalue weighted by Crippen LogP contribution is -2.37. The minimum atomic E-state index is -0.466. The molecule has 208 valence electrons. The van der Waals surface area contributed by atoms with E-state index >= 15 is 0 Å². The second-order valence-electron chi connectivity index (χ2n) is 11.7. The summed E-state index contributed by atoms with van der Waals surface area (Å²) < 4.78 is 6.14. The summed E-state index contributed by atoms with van der Waals surface area (Å²) in [5, 5.41) is 26.2. The van der Waals surface area contributed by atoms with Crippen molar-refractivity contribution in [3.05, 3.63) is 35.1 Å². The molecule has 2 atom stereocenters. The van der Waals surface area contributed by atoms with Gasteiger partial charge in [-0.2, -0.15) is 5.10 Å². The molecule has 0 spiro atoms. The van der Waals surface area contributed by atoms with Crippen LogP contribution in [0.5, 0.6) is 5.75 Å². The molecule has 1 aliphatic rings. The third kappa shape index (κ3) is 6.15. The zero-order valence-electron chi connectivity index (χ0n) is 23.2. The van der Waals surface area contributed by atoms with Crippen LogP contribution in [0, 0.1) is 11.3 Å². The van der Waals surface area contributed by atoms with Crippen molar-refractivity contribution >= 4 is 49.9 Å². The van der Waals surface area contributed by atoms with Gasteiger partial charge in [0.05, 0.1) is 29.3 Å². The first kappa shape index (κ1) is 27.3. The summed E-state index contributed by atoms with van der Waals surface area (Å²) in [7, 11) is 3.82. The number of benzene rings is 1. The van der Waals surface area contributed by atoms with Gasteiger partial charge in [0.1, 0.15) is 35.6 Å². The largest absolute Gasteiger partial charge is 0.489 e. The van der Waals surface area contributed by atoms with Crippen LogP contribution in [0.4, 0.5) is 11.5 Å². The van der Waals surface area contributed by atoms with Crippen LogP contribution in [0.25, 0.3) is 21.1 Å². The molecule has 1 aromatic carbocycles. The van der Waals surface area contributed by atoms with Gasteiger partial charge >= 0.3 is 0 Å². The predicted octanol–water partition coefficient (Wildman–Crippen LogP) is 4.23. The normalized spacial score (nSPS) is 16.4. The molecule has 0 saturated carbocycles. The number of hydrogen-bond donors (Lipinski definition) is 4. The van der Waals surface area contributed by atoms with Crippen molar-refractivity contribution in [1.29, 1.82) is 0 Å². The van der Waals surface area contributed by atoms with E-state index in [1.165, 1.54) is 10.4 Å². The lowest BCUT2D eigenvalue weighted by molar-refractivity contribution is -0.122. The summed E-state index contributed by atoms with van der Waals surface area (Å²) in [5.74, 6) is 1.58. The Morgan fingerprint density at radius 1 is 1.31 bits per heavy atom. The number of nitrogens with one attached hydrogen (secondary N) is 3. The van der Waals surface area contributed by atoms with E-state index in [0.717, 1.165) is 51.9 Å². The van der Waals surface area contributed by atoms with Gasteiger partial charge in [0.2, 0.25) is 5.91 Å². The highest BCUT2D eigenvalue weighted by molar-refractivity contribution is 7.19. The number of aliphatic hydroxyl groups is 1. The molecule has 3 aromatic heterocycles. The topological polar surface area (TPSA) is 128 Å². The maximum atomic E-state index is 12.2. The van der Waals surface area contributed by atoms with Crippen molar-refractivity contribution in [2.24, 2.45) is 11.3 Å². The number of aromatic amines is 1. The number of aliphatic hydroxyl groups excluding tert-OH is 1. The molecule has 1 aliphatic carbocycles. The van der Waals surface area contributed by atoms with Gasteiger partial charge in [-0.1, -0.05) is 20.8 Å². The molecule has 10 nitrogen and oxygen atoms in total. The molecule has 1 unspecified atom stereocenters. The predicted molar refractivity (Wildman–Crippen MR) is 155 cm³/mol. The van der Waals surface area contributed by atoms with Crippen LogP contribution in [-0.2, 0) is 17.6 Å². The van der Waals surface area contributed by atoms with Gasteiger partial charge in [-0.15, -0.1) is 11.3 Å². The molecule has 0 saturated heterocycles. The summed E-state index contributed by atoms with van der Waals surface area (Å²) >= 11 is 1.68. The highest BCUT2D eigenvalue weighted by atomic mass is 32.1. The van der Waals surface area contributed by atoms with E-state index in [2.05, 4.69) is 30.8 Å². The van der Waals surface area contributed by atoms with E-state index < -0.39 is 6.23 Å². The number of anilines is 2. The van der Waals surface area contributed by atoms with Gasteiger partial charge in [-0.05, 0) is 50.4 Å². The second-order valence-corrected chi connectivity index (χ2v) is 12.7. The molecule has 0 bridgehead atoms. The molecule has 11 heteroatoms. The average Bonchev–Trinajstić information content (AvgIpc) is 3.48.